The number of benzene rings is 1. The van der Waals surface area contributed by atoms with Crippen LogP contribution in [0.4, 0.5) is 5.82 Å². The second-order valence-corrected chi connectivity index (χ2v) is 5.42. The molecule has 0 radical (unpaired) electrons. The van der Waals surface area contributed by atoms with E-state index < -0.39 is 0 Å². The quantitative estimate of drug-likeness (QED) is 0.898. The molecule has 96 valence electrons. The molecular formula is C14H17BrN2O. The van der Waals surface area contributed by atoms with E-state index in [1.54, 1.807) is 0 Å². The fraction of sp³-hybridized carbons (Fsp3) is 0.357. The summed E-state index contributed by atoms with van der Waals surface area (Å²) < 4.78 is 6.45. The first-order valence-electron chi connectivity index (χ1n) is 6.14. The van der Waals surface area contributed by atoms with Gasteiger partial charge in [-0.1, -0.05) is 53.5 Å². The highest BCUT2D eigenvalue weighted by Crippen LogP contribution is 2.36. The lowest BCUT2D eigenvalue weighted by atomic mass is 9.96. The van der Waals surface area contributed by atoms with Gasteiger partial charge in [0.15, 0.2) is 5.82 Å². The molecule has 0 amide bonds. The third-order valence-electron chi connectivity index (χ3n) is 3.05. The highest BCUT2D eigenvalue weighted by molar-refractivity contribution is 9.10. The second kappa shape index (κ2) is 5.57. The van der Waals surface area contributed by atoms with Crippen LogP contribution in [0, 0.1) is 0 Å². The van der Waals surface area contributed by atoms with E-state index >= 15 is 0 Å². The number of rotatable bonds is 4. The average molecular weight is 309 g/mol. The first-order chi connectivity index (χ1) is 8.63. The first-order valence-corrected chi connectivity index (χ1v) is 6.93. The molecule has 2 rings (SSSR count). The molecule has 0 aliphatic heterocycles. The minimum atomic E-state index is 0.332. The Kier molecular flexibility index (Phi) is 4.07. The van der Waals surface area contributed by atoms with Crippen molar-refractivity contribution in [3.8, 4) is 11.1 Å². The Morgan fingerprint density at radius 1 is 1.33 bits per heavy atom. The lowest BCUT2D eigenvalue weighted by Crippen LogP contribution is -1.95. The lowest BCUT2D eigenvalue weighted by molar-refractivity contribution is 0.362. The first kappa shape index (κ1) is 13.1. The number of aromatic nitrogens is 1. The summed E-state index contributed by atoms with van der Waals surface area (Å²) in [6.45, 7) is 4.31. The van der Waals surface area contributed by atoms with Gasteiger partial charge in [-0.3, -0.25) is 0 Å². The highest BCUT2D eigenvalue weighted by atomic mass is 79.9. The summed E-state index contributed by atoms with van der Waals surface area (Å²) >= 11 is 3.43. The van der Waals surface area contributed by atoms with Crippen molar-refractivity contribution < 1.29 is 4.52 Å². The van der Waals surface area contributed by atoms with Gasteiger partial charge in [0, 0.05) is 10.4 Å². The molecule has 2 aromatic rings. The number of nitrogen functional groups attached to an aromatic ring is 1. The summed E-state index contributed by atoms with van der Waals surface area (Å²) in [5.41, 5.74) is 7.91. The van der Waals surface area contributed by atoms with E-state index in [0.29, 0.717) is 11.7 Å². The van der Waals surface area contributed by atoms with Crippen molar-refractivity contribution in [3.63, 3.8) is 0 Å². The monoisotopic (exact) mass is 308 g/mol. The van der Waals surface area contributed by atoms with Gasteiger partial charge in [-0.2, -0.15) is 0 Å². The molecule has 1 unspecified atom stereocenters. The molecule has 4 heteroatoms. The van der Waals surface area contributed by atoms with Crippen LogP contribution < -0.4 is 5.73 Å². The molecule has 0 fully saturated rings. The fourth-order valence-corrected chi connectivity index (χ4v) is 2.39. The van der Waals surface area contributed by atoms with Crippen molar-refractivity contribution in [1.82, 2.24) is 5.16 Å². The zero-order chi connectivity index (χ0) is 13.1. The van der Waals surface area contributed by atoms with Crippen molar-refractivity contribution in [2.75, 3.05) is 5.73 Å². The van der Waals surface area contributed by atoms with E-state index in [1.165, 1.54) is 0 Å². The van der Waals surface area contributed by atoms with Gasteiger partial charge >= 0.3 is 0 Å². The van der Waals surface area contributed by atoms with E-state index in [4.69, 9.17) is 10.3 Å². The Labute approximate surface area is 115 Å². The number of halogens is 1. The van der Waals surface area contributed by atoms with Gasteiger partial charge in [-0.25, -0.2) is 0 Å². The molecule has 1 aromatic heterocycles. The summed E-state index contributed by atoms with van der Waals surface area (Å²) in [6.07, 6.45) is 2.18. The normalized spacial score (nSPS) is 12.6. The van der Waals surface area contributed by atoms with Gasteiger partial charge in [-0.05, 0) is 24.1 Å². The Balaban J connectivity index is 2.43. The molecule has 0 aliphatic rings. The van der Waals surface area contributed by atoms with Gasteiger partial charge in [0.25, 0.3) is 0 Å². The topological polar surface area (TPSA) is 52.0 Å². The summed E-state index contributed by atoms with van der Waals surface area (Å²) in [5, 5.41) is 3.91. The van der Waals surface area contributed by atoms with E-state index in [2.05, 4.69) is 34.9 Å². The molecule has 3 nitrogen and oxygen atoms in total. The Bertz CT molecular complexity index is 519. The SMILES string of the molecule is CCCC(C)c1onc(N)c1-c1ccc(Br)cc1. The predicted molar refractivity (Wildman–Crippen MR) is 77.4 cm³/mol. The summed E-state index contributed by atoms with van der Waals surface area (Å²) in [4.78, 5) is 0. The van der Waals surface area contributed by atoms with Crippen LogP contribution in [0.5, 0.6) is 0 Å². The molecule has 0 bridgehead atoms. The van der Waals surface area contributed by atoms with Crippen LogP contribution in [-0.4, -0.2) is 5.16 Å². The van der Waals surface area contributed by atoms with E-state index in [9.17, 15) is 0 Å². The van der Waals surface area contributed by atoms with Crippen molar-refractivity contribution >= 4 is 21.7 Å². The largest absolute Gasteiger partial charge is 0.380 e. The van der Waals surface area contributed by atoms with E-state index in [0.717, 1.165) is 34.2 Å². The van der Waals surface area contributed by atoms with Crippen LogP contribution in [-0.2, 0) is 0 Å². The molecule has 0 saturated heterocycles. The number of hydrogen-bond acceptors (Lipinski definition) is 3. The maximum atomic E-state index is 5.93. The van der Waals surface area contributed by atoms with Crippen molar-refractivity contribution in [2.24, 2.45) is 0 Å². The van der Waals surface area contributed by atoms with Crippen molar-refractivity contribution in [1.29, 1.82) is 0 Å². The zero-order valence-electron chi connectivity index (χ0n) is 10.6. The van der Waals surface area contributed by atoms with E-state index in [-0.39, 0.29) is 0 Å². The summed E-state index contributed by atoms with van der Waals surface area (Å²) in [7, 11) is 0. The molecule has 1 aromatic carbocycles. The number of hydrogen-bond donors (Lipinski definition) is 1. The molecule has 1 atom stereocenters. The molecule has 1 heterocycles. The van der Waals surface area contributed by atoms with Gasteiger partial charge in [-0.15, -0.1) is 0 Å². The highest BCUT2D eigenvalue weighted by Gasteiger charge is 2.20. The second-order valence-electron chi connectivity index (χ2n) is 4.50. The van der Waals surface area contributed by atoms with E-state index in [1.807, 2.05) is 24.3 Å². The maximum absolute atomic E-state index is 5.93. The van der Waals surface area contributed by atoms with Crippen LogP contribution in [0.25, 0.3) is 11.1 Å². The Morgan fingerprint density at radius 3 is 2.61 bits per heavy atom. The average Bonchev–Trinajstić information content (AvgIpc) is 2.73. The van der Waals surface area contributed by atoms with Gasteiger partial charge in [0.05, 0.1) is 5.56 Å². The van der Waals surface area contributed by atoms with Gasteiger partial charge in [0.2, 0.25) is 0 Å². The van der Waals surface area contributed by atoms with Crippen molar-refractivity contribution in [2.45, 2.75) is 32.6 Å². The summed E-state index contributed by atoms with van der Waals surface area (Å²) in [6, 6.07) is 8.04. The Hall–Kier alpha value is -1.29. The third kappa shape index (κ3) is 2.58. The minimum Gasteiger partial charge on any atom is -0.380 e. The third-order valence-corrected chi connectivity index (χ3v) is 3.58. The number of nitrogens with two attached hydrogens (primary N) is 1. The van der Waals surface area contributed by atoms with Gasteiger partial charge in [0.1, 0.15) is 5.76 Å². The van der Waals surface area contributed by atoms with Gasteiger partial charge < -0.3 is 10.3 Å². The van der Waals surface area contributed by atoms with Crippen LogP contribution >= 0.6 is 15.9 Å². The van der Waals surface area contributed by atoms with Crippen LogP contribution in [0.15, 0.2) is 33.3 Å². The molecule has 0 saturated carbocycles. The Morgan fingerprint density at radius 2 is 2.00 bits per heavy atom. The zero-order valence-corrected chi connectivity index (χ0v) is 12.2. The van der Waals surface area contributed by atoms with Crippen LogP contribution in [0.2, 0.25) is 0 Å². The molecule has 2 N–H and O–H groups in total. The minimum absolute atomic E-state index is 0.332. The van der Waals surface area contributed by atoms with Crippen LogP contribution in [0.3, 0.4) is 0 Å². The lowest BCUT2D eigenvalue weighted by Gasteiger charge is -2.09. The fourth-order valence-electron chi connectivity index (χ4n) is 2.12. The van der Waals surface area contributed by atoms with Crippen molar-refractivity contribution in [3.05, 3.63) is 34.5 Å². The number of nitrogens with zero attached hydrogens (tertiary/aromatic N) is 1. The standard InChI is InChI=1S/C14H17BrN2O/c1-3-4-9(2)13-12(14(16)17-18-13)10-5-7-11(15)8-6-10/h5-9H,3-4H2,1-2H3,(H2,16,17). The maximum Gasteiger partial charge on any atom is 0.175 e. The smallest absolute Gasteiger partial charge is 0.175 e. The molecule has 0 aliphatic carbocycles. The molecular weight excluding hydrogens is 292 g/mol. The molecule has 18 heavy (non-hydrogen) atoms. The van der Waals surface area contributed by atoms with Crippen LogP contribution in [0.1, 0.15) is 38.4 Å². The summed E-state index contributed by atoms with van der Waals surface area (Å²) in [5.74, 6) is 1.69. The molecule has 0 spiro atoms. The number of anilines is 1. The predicted octanol–water partition coefficient (Wildman–Crippen LogP) is 4.59.